The molecular formula is C36H48N4O5. The molecular weight excluding hydrogens is 568 g/mol. The summed E-state index contributed by atoms with van der Waals surface area (Å²) < 4.78 is 11.7. The second-order valence-corrected chi connectivity index (χ2v) is 11.8. The highest BCUT2D eigenvalue weighted by atomic mass is 16.5. The number of carboxylic acid groups (broad SMARTS) is 1. The average Bonchev–Trinajstić information content (AvgIpc) is 3.05. The largest absolute Gasteiger partial charge is 0.488 e. The number of allylic oxidation sites excluding steroid dienone is 3. The van der Waals surface area contributed by atoms with Crippen molar-refractivity contribution in [3.05, 3.63) is 87.6 Å². The molecule has 1 aromatic carbocycles. The van der Waals surface area contributed by atoms with E-state index in [2.05, 4.69) is 48.3 Å². The lowest BCUT2D eigenvalue weighted by atomic mass is 9.94. The maximum absolute atomic E-state index is 11.5. The SMILES string of the molecule is CCC[C@H](CCCCCO)N1CCc2cc(COC3=C(C)CCC=C3c3cccc(N/C(OC)=C(\C=N)C(=O)O)n3)ccc2C1. The molecule has 0 bridgehead atoms. The summed E-state index contributed by atoms with van der Waals surface area (Å²) in [6, 6.07) is 12.8. The van der Waals surface area contributed by atoms with Gasteiger partial charge in [-0.15, -0.1) is 0 Å². The first-order valence-electron chi connectivity index (χ1n) is 16.1. The summed E-state index contributed by atoms with van der Waals surface area (Å²) in [6.45, 7) is 7.17. The molecule has 45 heavy (non-hydrogen) atoms. The first-order chi connectivity index (χ1) is 21.9. The van der Waals surface area contributed by atoms with E-state index >= 15 is 0 Å². The molecule has 1 aliphatic carbocycles. The number of ether oxygens (including phenoxy) is 2. The number of anilines is 1. The maximum atomic E-state index is 11.5. The molecule has 0 radical (unpaired) electrons. The molecule has 9 nitrogen and oxygen atoms in total. The molecule has 9 heteroatoms. The summed E-state index contributed by atoms with van der Waals surface area (Å²) in [4.78, 5) is 18.9. The molecule has 0 amide bonds. The third kappa shape index (κ3) is 9.05. The Morgan fingerprint density at radius 3 is 2.73 bits per heavy atom. The Morgan fingerprint density at radius 2 is 2.00 bits per heavy atom. The lowest BCUT2D eigenvalue weighted by Crippen LogP contribution is -2.39. The second kappa shape index (κ2) is 16.9. The fourth-order valence-corrected chi connectivity index (χ4v) is 6.21. The van der Waals surface area contributed by atoms with E-state index < -0.39 is 5.97 Å². The zero-order valence-corrected chi connectivity index (χ0v) is 26.9. The van der Waals surface area contributed by atoms with Crippen LogP contribution >= 0.6 is 0 Å². The number of hydrogen-bond acceptors (Lipinski definition) is 8. The van der Waals surface area contributed by atoms with Gasteiger partial charge in [-0.25, -0.2) is 9.78 Å². The van der Waals surface area contributed by atoms with Crippen molar-refractivity contribution in [2.45, 2.75) is 90.8 Å². The number of nitrogens with one attached hydrogen (secondary N) is 2. The van der Waals surface area contributed by atoms with Crippen molar-refractivity contribution in [2.24, 2.45) is 0 Å². The van der Waals surface area contributed by atoms with Crippen molar-refractivity contribution >= 4 is 23.6 Å². The number of nitrogens with zero attached hydrogens (tertiary/aromatic N) is 2. The molecule has 2 aromatic rings. The third-order valence-corrected chi connectivity index (χ3v) is 8.62. The number of fused-ring (bicyclic) bond motifs is 1. The van der Waals surface area contributed by atoms with E-state index in [1.54, 1.807) is 6.07 Å². The van der Waals surface area contributed by atoms with Gasteiger partial charge in [0.1, 0.15) is 23.8 Å². The topological polar surface area (TPSA) is 128 Å². The van der Waals surface area contributed by atoms with Gasteiger partial charge in [0.25, 0.3) is 0 Å². The van der Waals surface area contributed by atoms with Crippen LogP contribution in [0.5, 0.6) is 0 Å². The van der Waals surface area contributed by atoms with Gasteiger partial charge in [0.2, 0.25) is 5.88 Å². The number of pyridine rings is 1. The third-order valence-electron chi connectivity index (χ3n) is 8.62. The molecule has 0 fully saturated rings. The minimum absolute atomic E-state index is 0.0579. The summed E-state index contributed by atoms with van der Waals surface area (Å²) in [5, 5.41) is 28.9. The van der Waals surface area contributed by atoms with E-state index in [-0.39, 0.29) is 18.1 Å². The minimum atomic E-state index is -1.26. The lowest BCUT2D eigenvalue weighted by Gasteiger charge is -2.36. The summed E-state index contributed by atoms with van der Waals surface area (Å²) in [5.74, 6) is -0.0900. The predicted octanol–water partition coefficient (Wildman–Crippen LogP) is 6.83. The molecule has 242 valence electrons. The van der Waals surface area contributed by atoms with Crippen LogP contribution in [0.25, 0.3) is 5.57 Å². The van der Waals surface area contributed by atoms with Crippen LogP contribution in [0.4, 0.5) is 5.82 Å². The second-order valence-electron chi connectivity index (χ2n) is 11.8. The summed E-state index contributed by atoms with van der Waals surface area (Å²) in [7, 11) is 1.35. The number of methoxy groups -OCH3 is 1. The summed E-state index contributed by atoms with van der Waals surface area (Å²) in [5.41, 5.74) is 6.44. The van der Waals surface area contributed by atoms with Gasteiger partial charge in [-0.3, -0.25) is 4.90 Å². The summed E-state index contributed by atoms with van der Waals surface area (Å²) >= 11 is 0. The first kappa shape index (κ1) is 33.9. The molecule has 2 heterocycles. The van der Waals surface area contributed by atoms with Gasteiger partial charge in [-0.2, -0.15) is 0 Å². The van der Waals surface area contributed by atoms with E-state index in [0.29, 0.717) is 24.2 Å². The molecule has 4 rings (SSSR count). The lowest BCUT2D eigenvalue weighted by molar-refractivity contribution is -0.132. The Morgan fingerprint density at radius 1 is 1.16 bits per heavy atom. The minimum Gasteiger partial charge on any atom is -0.488 e. The van der Waals surface area contributed by atoms with E-state index in [0.717, 1.165) is 73.9 Å². The van der Waals surface area contributed by atoms with Crippen LogP contribution in [0.3, 0.4) is 0 Å². The number of rotatable bonds is 17. The van der Waals surface area contributed by atoms with Crippen LogP contribution in [0.1, 0.15) is 87.6 Å². The fraction of sp³-hybridized carbons (Fsp3) is 0.472. The van der Waals surface area contributed by atoms with Crippen molar-refractivity contribution in [3.8, 4) is 0 Å². The number of carboxylic acids is 1. The standard InChI is InChI=1S/C36H48N4O5/c1-4-10-29(12-6-5-7-20-41)40-19-18-27-21-26(16-17-28(27)23-40)24-45-34-25(2)11-8-13-30(34)32-14-9-15-33(38-32)39-35(44-3)31(22-37)36(42)43/h9,13-17,21-22,29,37,41H,4-8,10-12,18-20,23-24H2,1-3H3,(H,38,39)(H,42,43)/b35-31-,37-22?/t29-/m1/s1. The Hall–Kier alpha value is -3.95. The molecule has 0 saturated carbocycles. The molecule has 0 unspecified atom stereocenters. The van der Waals surface area contributed by atoms with E-state index in [4.69, 9.17) is 25.0 Å². The van der Waals surface area contributed by atoms with Gasteiger partial charge in [-0.05, 0) is 79.8 Å². The summed E-state index contributed by atoms with van der Waals surface area (Å²) in [6.07, 6.45) is 12.5. The molecule has 1 aromatic heterocycles. The van der Waals surface area contributed by atoms with Gasteiger partial charge >= 0.3 is 5.97 Å². The zero-order valence-electron chi connectivity index (χ0n) is 26.9. The van der Waals surface area contributed by atoms with Gasteiger partial charge in [-0.1, -0.05) is 56.5 Å². The Kier molecular flexibility index (Phi) is 12.8. The molecule has 1 aliphatic heterocycles. The average molecular weight is 617 g/mol. The molecule has 1 atom stereocenters. The van der Waals surface area contributed by atoms with E-state index in [1.807, 2.05) is 12.1 Å². The highest BCUT2D eigenvalue weighted by Gasteiger charge is 2.24. The normalized spacial score (nSPS) is 16.3. The highest BCUT2D eigenvalue weighted by Crippen LogP contribution is 2.34. The monoisotopic (exact) mass is 616 g/mol. The number of carbonyl (C=O) groups is 1. The van der Waals surface area contributed by atoms with Crippen LogP contribution in [-0.2, 0) is 33.8 Å². The van der Waals surface area contributed by atoms with Gasteiger partial charge in [0.15, 0.2) is 0 Å². The number of hydrogen-bond donors (Lipinski definition) is 4. The van der Waals surface area contributed by atoms with Gasteiger partial charge in [0.05, 0.1) is 12.8 Å². The van der Waals surface area contributed by atoms with Gasteiger partial charge in [0, 0.05) is 37.5 Å². The van der Waals surface area contributed by atoms with Crippen LogP contribution in [0.15, 0.2) is 65.3 Å². The number of aromatic nitrogens is 1. The quantitative estimate of drug-likeness (QED) is 0.0659. The van der Waals surface area contributed by atoms with Crippen molar-refractivity contribution in [3.63, 3.8) is 0 Å². The van der Waals surface area contributed by atoms with E-state index in [1.165, 1.54) is 43.9 Å². The molecule has 2 aliphatic rings. The Balaban J connectivity index is 1.44. The smallest absolute Gasteiger partial charge is 0.342 e. The molecule has 0 saturated heterocycles. The molecule has 4 N–H and O–H groups in total. The maximum Gasteiger partial charge on any atom is 0.342 e. The first-order valence-corrected chi connectivity index (χ1v) is 16.1. The van der Waals surface area contributed by atoms with E-state index in [9.17, 15) is 9.90 Å². The van der Waals surface area contributed by atoms with Crippen LogP contribution in [0, 0.1) is 5.41 Å². The Labute approximate surface area is 267 Å². The number of aliphatic hydroxyl groups excluding tert-OH is 1. The van der Waals surface area contributed by atoms with Crippen molar-refractivity contribution < 1.29 is 24.5 Å². The van der Waals surface area contributed by atoms with Crippen molar-refractivity contribution in [2.75, 3.05) is 25.6 Å². The number of aliphatic hydroxyl groups is 1. The van der Waals surface area contributed by atoms with Crippen molar-refractivity contribution in [1.29, 1.82) is 5.41 Å². The number of unbranched alkanes of at least 4 members (excludes halogenated alkanes) is 2. The highest BCUT2D eigenvalue weighted by molar-refractivity contribution is 6.08. The number of benzene rings is 1. The predicted molar refractivity (Wildman–Crippen MR) is 178 cm³/mol. The Bertz CT molecular complexity index is 1430. The molecule has 0 spiro atoms. The zero-order chi connectivity index (χ0) is 32.2. The van der Waals surface area contributed by atoms with Crippen LogP contribution in [0.2, 0.25) is 0 Å². The van der Waals surface area contributed by atoms with Crippen LogP contribution in [-0.4, -0.2) is 58.6 Å². The number of aliphatic carboxylic acids is 1. The van der Waals surface area contributed by atoms with Crippen LogP contribution < -0.4 is 5.32 Å². The fourth-order valence-electron chi connectivity index (χ4n) is 6.21. The van der Waals surface area contributed by atoms with Gasteiger partial charge < -0.3 is 30.4 Å². The van der Waals surface area contributed by atoms with Crippen molar-refractivity contribution in [1.82, 2.24) is 9.88 Å².